The topological polar surface area (TPSA) is 99.0 Å². The molecule has 0 saturated heterocycles. The Hall–Kier alpha value is -1.63. The minimum absolute atomic E-state index is 0.00880. The van der Waals surface area contributed by atoms with Crippen LogP contribution in [0, 0.1) is 16.0 Å². The normalized spacial score (nSPS) is 17.1. The first-order chi connectivity index (χ1) is 7.58. The SMILES string of the molecule is Cn1cc([N+](=O)[O-])c(NCC(N)C2CC2)n1. The van der Waals surface area contributed by atoms with E-state index in [1.165, 1.54) is 10.9 Å². The summed E-state index contributed by atoms with van der Waals surface area (Å²) in [6, 6.07) is 0.0570. The number of aryl methyl sites for hydroxylation is 1. The van der Waals surface area contributed by atoms with Crippen molar-refractivity contribution in [3.63, 3.8) is 0 Å². The Kier molecular flexibility index (Phi) is 2.78. The first-order valence-corrected chi connectivity index (χ1v) is 5.25. The first-order valence-electron chi connectivity index (χ1n) is 5.25. The molecule has 16 heavy (non-hydrogen) atoms. The lowest BCUT2D eigenvalue weighted by Gasteiger charge is -2.10. The van der Waals surface area contributed by atoms with Crippen LogP contribution in [0.15, 0.2) is 6.20 Å². The standard InChI is InChI=1S/C9H15N5O2/c1-13-5-8(14(15)16)9(12-13)11-4-7(10)6-2-3-6/h5-7H,2-4,10H2,1H3,(H,11,12). The number of aromatic nitrogens is 2. The van der Waals surface area contributed by atoms with Crippen molar-refractivity contribution in [1.82, 2.24) is 9.78 Å². The lowest BCUT2D eigenvalue weighted by Crippen LogP contribution is -2.31. The number of nitrogens with zero attached hydrogens (tertiary/aromatic N) is 3. The van der Waals surface area contributed by atoms with Crippen LogP contribution in [0.1, 0.15) is 12.8 Å². The van der Waals surface area contributed by atoms with Crippen molar-refractivity contribution in [3.8, 4) is 0 Å². The Labute approximate surface area is 92.8 Å². The van der Waals surface area contributed by atoms with Crippen LogP contribution in [0.5, 0.6) is 0 Å². The van der Waals surface area contributed by atoms with E-state index in [0.29, 0.717) is 18.3 Å². The predicted octanol–water partition coefficient (Wildman–Crippen LogP) is 0.477. The molecule has 0 radical (unpaired) electrons. The molecule has 0 amide bonds. The quantitative estimate of drug-likeness (QED) is 0.560. The van der Waals surface area contributed by atoms with Crippen molar-refractivity contribution >= 4 is 11.5 Å². The zero-order chi connectivity index (χ0) is 11.7. The Morgan fingerprint density at radius 3 is 3.06 bits per heavy atom. The highest BCUT2D eigenvalue weighted by Gasteiger charge is 2.29. The van der Waals surface area contributed by atoms with Crippen LogP contribution >= 0.6 is 0 Å². The maximum Gasteiger partial charge on any atom is 0.330 e. The van der Waals surface area contributed by atoms with Crippen molar-refractivity contribution in [3.05, 3.63) is 16.3 Å². The smallest absolute Gasteiger partial charge is 0.330 e. The van der Waals surface area contributed by atoms with Crippen LogP contribution in [0.4, 0.5) is 11.5 Å². The van der Waals surface area contributed by atoms with Crippen LogP contribution in [-0.2, 0) is 7.05 Å². The third-order valence-electron chi connectivity index (χ3n) is 2.74. The summed E-state index contributed by atoms with van der Waals surface area (Å²) >= 11 is 0. The van der Waals surface area contributed by atoms with Gasteiger partial charge in [-0.15, -0.1) is 5.10 Å². The van der Waals surface area contributed by atoms with Crippen LogP contribution in [0.3, 0.4) is 0 Å². The van der Waals surface area contributed by atoms with Gasteiger partial charge in [-0.1, -0.05) is 0 Å². The average Bonchev–Trinajstić information content (AvgIpc) is 2.99. The monoisotopic (exact) mass is 225 g/mol. The Balaban J connectivity index is 1.99. The average molecular weight is 225 g/mol. The Bertz CT molecular complexity index is 399. The minimum atomic E-state index is -0.446. The van der Waals surface area contributed by atoms with Gasteiger partial charge in [-0.2, -0.15) is 0 Å². The molecule has 1 atom stereocenters. The van der Waals surface area contributed by atoms with Gasteiger partial charge in [-0.05, 0) is 18.8 Å². The van der Waals surface area contributed by atoms with Crippen molar-refractivity contribution in [2.45, 2.75) is 18.9 Å². The molecule has 1 heterocycles. The molecule has 0 aliphatic heterocycles. The molecule has 3 N–H and O–H groups in total. The highest BCUT2D eigenvalue weighted by molar-refractivity contribution is 5.54. The van der Waals surface area contributed by atoms with Crippen LogP contribution in [-0.4, -0.2) is 27.3 Å². The lowest BCUT2D eigenvalue weighted by atomic mass is 10.2. The van der Waals surface area contributed by atoms with E-state index in [2.05, 4.69) is 10.4 Å². The third-order valence-corrected chi connectivity index (χ3v) is 2.74. The van der Waals surface area contributed by atoms with E-state index < -0.39 is 4.92 Å². The number of nitrogens with two attached hydrogens (primary N) is 1. The summed E-state index contributed by atoms with van der Waals surface area (Å²) in [6.45, 7) is 0.530. The second kappa shape index (κ2) is 4.09. The van der Waals surface area contributed by atoms with E-state index in [4.69, 9.17) is 5.73 Å². The molecule has 88 valence electrons. The van der Waals surface area contributed by atoms with Gasteiger partial charge in [0, 0.05) is 19.6 Å². The molecule has 7 heteroatoms. The van der Waals surface area contributed by atoms with E-state index in [1.54, 1.807) is 7.05 Å². The zero-order valence-electron chi connectivity index (χ0n) is 9.09. The van der Waals surface area contributed by atoms with E-state index in [9.17, 15) is 10.1 Å². The van der Waals surface area contributed by atoms with Gasteiger partial charge in [0.05, 0.1) is 4.92 Å². The summed E-state index contributed by atoms with van der Waals surface area (Å²) in [5, 5.41) is 17.6. The molecule has 1 aromatic heterocycles. The maximum absolute atomic E-state index is 10.7. The Morgan fingerprint density at radius 1 is 1.81 bits per heavy atom. The summed E-state index contributed by atoms with van der Waals surface area (Å²) in [7, 11) is 1.65. The van der Waals surface area contributed by atoms with Crippen LogP contribution < -0.4 is 11.1 Å². The summed E-state index contributed by atoms with van der Waals surface area (Å²) in [5.74, 6) is 0.860. The van der Waals surface area contributed by atoms with Crippen molar-refractivity contribution in [2.75, 3.05) is 11.9 Å². The minimum Gasteiger partial charge on any atom is -0.361 e. The molecular formula is C9H15N5O2. The largest absolute Gasteiger partial charge is 0.361 e. The van der Waals surface area contributed by atoms with Gasteiger partial charge in [0.25, 0.3) is 0 Å². The van der Waals surface area contributed by atoms with Gasteiger partial charge < -0.3 is 11.1 Å². The number of hydrogen-bond donors (Lipinski definition) is 2. The fraction of sp³-hybridized carbons (Fsp3) is 0.667. The number of nitrogens with one attached hydrogen (secondary N) is 1. The molecule has 2 rings (SSSR count). The molecule has 1 unspecified atom stereocenters. The van der Waals surface area contributed by atoms with Gasteiger partial charge in [0.2, 0.25) is 5.82 Å². The summed E-state index contributed by atoms with van der Waals surface area (Å²) in [5.41, 5.74) is 5.88. The van der Waals surface area contributed by atoms with E-state index >= 15 is 0 Å². The maximum atomic E-state index is 10.7. The highest BCUT2D eigenvalue weighted by atomic mass is 16.6. The molecule has 0 aromatic carbocycles. The summed E-state index contributed by atoms with van der Waals surface area (Å²) < 4.78 is 1.42. The van der Waals surface area contributed by atoms with Gasteiger partial charge in [-0.25, -0.2) is 0 Å². The van der Waals surface area contributed by atoms with Gasteiger partial charge in [0.15, 0.2) is 0 Å². The molecule has 1 aliphatic carbocycles. The molecule has 1 aromatic rings. The molecule has 0 spiro atoms. The molecule has 1 saturated carbocycles. The van der Waals surface area contributed by atoms with Crippen molar-refractivity contribution < 1.29 is 4.92 Å². The molecule has 0 bridgehead atoms. The predicted molar refractivity (Wildman–Crippen MR) is 59.1 cm³/mol. The Morgan fingerprint density at radius 2 is 2.50 bits per heavy atom. The zero-order valence-corrected chi connectivity index (χ0v) is 9.09. The van der Waals surface area contributed by atoms with E-state index in [-0.39, 0.29) is 11.7 Å². The second-order valence-corrected chi connectivity index (χ2v) is 4.18. The molecular weight excluding hydrogens is 210 g/mol. The fourth-order valence-corrected chi connectivity index (χ4v) is 1.64. The molecule has 7 nitrogen and oxygen atoms in total. The fourth-order valence-electron chi connectivity index (χ4n) is 1.64. The second-order valence-electron chi connectivity index (χ2n) is 4.18. The summed E-state index contributed by atoms with van der Waals surface area (Å²) in [4.78, 5) is 10.3. The van der Waals surface area contributed by atoms with Crippen LogP contribution in [0.25, 0.3) is 0 Å². The molecule has 1 fully saturated rings. The van der Waals surface area contributed by atoms with E-state index in [0.717, 1.165) is 12.8 Å². The number of hydrogen-bond acceptors (Lipinski definition) is 5. The summed E-state index contributed by atoms with van der Waals surface area (Å²) in [6.07, 6.45) is 3.70. The number of anilines is 1. The van der Waals surface area contributed by atoms with Crippen molar-refractivity contribution in [1.29, 1.82) is 0 Å². The first kappa shape index (κ1) is 10.9. The van der Waals surface area contributed by atoms with Gasteiger partial charge in [0.1, 0.15) is 6.20 Å². The van der Waals surface area contributed by atoms with Gasteiger partial charge >= 0.3 is 5.69 Å². The van der Waals surface area contributed by atoms with E-state index in [1.807, 2.05) is 0 Å². The third kappa shape index (κ3) is 2.30. The lowest BCUT2D eigenvalue weighted by molar-refractivity contribution is -0.384. The molecule has 1 aliphatic rings. The number of nitro groups is 1. The highest BCUT2D eigenvalue weighted by Crippen LogP contribution is 2.31. The van der Waals surface area contributed by atoms with Crippen LogP contribution in [0.2, 0.25) is 0 Å². The van der Waals surface area contributed by atoms with Gasteiger partial charge in [-0.3, -0.25) is 14.8 Å². The van der Waals surface area contributed by atoms with Crippen molar-refractivity contribution in [2.24, 2.45) is 18.7 Å². The number of rotatable bonds is 5.